The molecule has 0 spiro atoms. The van der Waals surface area contributed by atoms with Crippen molar-refractivity contribution in [3.63, 3.8) is 0 Å². The number of anilines is 1. The van der Waals surface area contributed by atoms with Crippen molar-refractivity contribution < 1.29 is 9.90 Å². The molecule has 2 aromatic rings. The SMILES string of the molecule is Cc1cccnc1NCCNC(=O)C(O)c1ccccc1Cl. The smallest absolute Gasteiger partial charge is 0.253 e. The van der Waals surface area contributed by atoms with E-state index in [1.165, 1.54) is 0 Å². The van der Waals surface area contributed by atoms with Crippen molar-refractivity contribution in [3.8, 4) is 0 Å². The molecular weight excluding hydrogens is 302 g/mol. The zero-order valence-electron chi connectivity index (χ0n) is 12.2. The minimum Gasteiger partial charge on any atom is -0.378 e. The standard InChI is InChI=1S/C16H18ClN3O2/c1-11-5-4-8-18-15(11)19-9-10-20-16(22)14(21)12-6-2-3-7-13(12)17/h2-8,14,21H,9-10H2,1H3,(H,18,19)(H,20,22). The maximum Gasteiger partial charge on any atom is 0.253 e. The topological polar surface area (TPSA) is 74.2 Å². The Labute approximate surface area is 134 Å². The summed E-state index contributed by atoms with van der Waals surface area (Å²) in [6, 6.07) is 10.6. The third-order valence-electron chi connectivity index (χ3n) is 3.17. The molecule has 1 unspecified atom stereocenters. The van der Waals surface area contributed by atoms with Crippen molar-refractivity contribution in [2.75, 3.05) is 18.4 Å². The van der Waals surface area contributed by atoms with Crippen molar-refractivity contribution >= 4 is 23.3 Å². The van der Waals surface area contributed by atoms with Crippen LogP contribution in [0.4, 0.5) is 5.82 Å². The molecule has 22 heavy (non-hydrogen) atoms. The van der Waals surface area contributed by atoms with E-state index >= 15 is 0 Å². The molecular formula is C16H18ClN3O2. The van der Waals surface area contributed by atoms with Gasteiger partial charge in [-0.1, -0.05) is 35.9 Å². The van der Waals surface area contributed by atoms with Crippen LogP contribution < -0.4 is 10.6 Å². The van der Waals surface area contributed by atoms with Crippen LogP contribution in [0.2, 0.25) is 5.02 Å². The van der Waals surface area contributed by atoms with Gasteiger partial charge in [-0.25, -0.2) is 4.98 Å². The molecule has 0 fully saturated rings. The zero-order chi connectivity index (χ0) is 15.9. The molecule has 1 amide bonds. The second kappa shape index (κ2) is 7.77. The van der Waals surface area contributed by atoms with Crippen LogP contribution in [-0.4, -0.2) is 29.1 Å². The summed E-state index contributed by atoms with van der Waals surface area (Å²) in [6.45, 7) is 2.84. The number of rotatable bonds is 6. The van der Waals surface area contributed by atoms with Gasteiger partial charge in [0.1, 0.15) is 5.82 Å². The zero-order valence-corrected chi connectivity index (χ0v) is 13.0. The number of nitrogens with one attached hydrogen (secondary N) is 2. The van der Waals surface area contributed by atoms with Crippen LogP contribution >= 0.6 is 11.6 Å². The predicted molar refractivity (Wildman–Crippen MR) is 86.9 cm³/mol. The Kier molecular flexibility index (Phi) is 5.75. The van der Waals surface area contributed by atoms with Gasteiger partial charge in [0.15, 0.2) is 6.10 Å². The Morgan fingerprint density at radius 2 is 2.05 bits per heavy atom. The molecule has 0 radical (unpaired) electrons. The van der Waals surface area contributed by atoms with E-state index in [4.69, 9.17) is 11.6 Å². The van der Waals surface area contributed by atoms with Crippen molar-refractivity contribution in [2.24, 2.45) is 0 Å². The number of halogens is 1. The number of aryl methyl sites for hydroxylation is 1. The van der Waals surface area contributed by atoms with Gasteiger partial charge in [-0.15, -0.1) is 0 Å². The second-order valence-corrected chi connectivity index (χ2v) is 5.22. The van der Waals surface area contributed by atoms with Gasteiger partial charge >= 0.3 is 0 Å². The molecule has 1 heterocycles. The summed E-state index contributed by atoms with van der Waals surface area (Å²) >= 11 is 5.96. The molecule has 1 aromatic heterocycles. The van der Waals surface area contributed by atoms with Crippen LogP contribution in [0.1, 0.15) is 17.2 Å². The minimum absolute atomic E-state index is 0.368. The predicted octanol–water partition coefficient (Wildman–Crippen LogP) is 2.31. The highest BCUT2D eigenvalue weighted by atomic mass is 35.5. The first-order valence-electron chi connectivity index (χ1n) is 6.95. The van der Waals surface area contributed by atoms with Crippen molar-refractivity contribution in [3.05, 3.63) is 58.7 Å². The Morgan fingerprint density at radius 3 is 2.77 bits per heavy atom. The van der Waals surface area contributed by atoms with E-state index in [-0.39, 0.29) is 0 Å². The first-order chi connectivity index (χ1) is 10.6. The summed E-state index contributed by atoms with van der Waals surface area (Å²) in [5, 5.41) is 16.2. The molecule has 1 atom stereocenters. The highest BCUT2D eigenvalue weighted by molar-refractivity contribution is 6.31. The van der Waals surface area contributed by atoms with Crippen LogP contribution in [0.5, 0.6) is 0 Å². The second-order valence-electron chi connectivity index (χ2n) is 4.81. The van der Waals surface area contributed by atoms with Gasteiger partial charge in [0.25, 0.3) is 5.91 Å². The largest absolute Gasteiger partial charge is 0.378 e. The lowest BCUT2D eigenvalue weighted by Gasteiger charge is -2.13. The van der Waals surface area contributed by atoms with E-state index in [0.717, 1.165) is 11.4 Å². The van der Waals surface area contributed by atoms with Crippen molar-refractivity contribution in [1.29, 1.82) is 0 Å². The average Bonchev–Trinajstić information content (AvgIpc) is 2.52. The van der Waals surface area contributed by atoms with Gasteiger partial charge in [0.2, 0.25) is 0 Å². The first kappa shape index (κ1) is 16.3. The molecule has 0 aliphatic rings. The molecule has 2 rings (SSSR count). The quantitative estimate of drug-likeness (QED) is 0.714. The fourth-order valence-electron chi connectivity index (χ4n) is 1.97. The number of hydrogen-bond acceptors (Lipinski definition) is 4. The number of pyridine rings is 1. The monoisotopic (exact) mass is 319 g/mol. The normalized spacial score (nSPS) is 11.8. The van der Waals surface area contributed by atoms with E-state index in [2.05, 4.69) is 15.6 Å². The highest BCUT2D eigenvalue weighted by Gasteiger charge is 2.18. The summed E-state index contributed by atoms with van der Waals surface area (Å²) < 4.78 is 0. The molecule has 0 aliphatic heterocycles. The van der Waals surface area contributed by atoms with Crippen LogP contribution in [0.15, 0.2) is 42.6 Å². The maximum absolute atomic E-state index is 11.9. The summed E-state index contributed by atoms with van der Waals surface area (Å²) in [6.07, 6.45) is 0.431. The van der Waals surface area contributed by atoms with E-state index in [1.54, 1.807) is 30.5 Å². The number of nitrogens with zero attached hydrogens (tertiary/aromatic N) is 1. The highest BCUT2D eigenvalue weighted by Crippen LogP contribution is 2.22. The molecule has 0 saturated carbocycles. The van der Waals surface area contributed by atoms with Gasteiger partial charge in [-0.05, 0) is 24.6 Å². The molecule has 0 saturated heterocycles. The van der Waals surface area contributed by atoms with Crippen molar-refractivity contribution in [2.45, 2.75) is 13.0 Å². The number of amides is 1. The Hall–Kier alpha value is -2.11. The lowest BCUT2D eigenvalue weighted by Crippen LogP contribution is -2.33. The van der Waals surface area contributed by atoms with E-state index in [1.807, 2.05) is 19.1 Å². The van der Waals surface area contributed by atoms with Gasteiger partial charge in [0, 0.05) is 29.9 Å². The van der Waals surface area contributed by atoms with E-state index < -0.39 is 12.0 Å². The fraction of sp³-hybridized carbons (Fsp3) is 0.250. The number of carbonyl (C=O) groups excluding carboxylic acids is 1. The lowest BCUT2D eigenvalue weighted by molar-refractivity contribution is -0.129. The van der Waals surface area contributed by atoms with Gasteiger partial charge in [-0.2, -0.15) is 0 Å². The number of benzene rings is 1. The Bertz CT molecular complexity index is 649. The summed E-state index contributed by atoms with van der Waals surface area (Å²) in [7, 11) is 0. The average molecular weight is 320 g/mol. The summed E-state index contributed by atoms with van der Waals surface area (Å²) in [4.78, 5) is 16.1. The molecule has 5 nitrogen and oxygen atoms in total. The number of aliphatic hydroxyl groups is 1. The molecule has 3 N–H and O–H groups in total. The molecule has 0 aliphatic carbocycles. The Balaban J connectivity index is 1.81. The number of carbonyl (C=O) groups is 1. The van der Waals surface area contributed by atoms with Crippen LogP contribution in [0, 0.1) is 6.92 Å². The third kappa shape index (κ3) is 4.19. The first-order valence-corrected chi connectivity index (χ1v) is 7.33. The number of aliphatic hydroxyl groups excluding tert-OH is 1. The van der Waals surface area contributed by atoms with Gasteiger partial charge in [0.05, 0.1) is 0 Å². The fourth-order valence-corrected chi connectivity index (χ4v) is 2.21. The molecule has 116 valence electrons. The molecule has 0 bridgehead atoms. The Morgan fingerprint density at radius 1 is 1.27 bits per heavy atom. The third-order valence-corrected chi connectivity index (χ3v) is 3.52. The van der Waals surface area contributed by atoms with Gasteiger partial charge < -0.3 is 15.7 Å². The number of aromatic nitrogens is 1. The van der Waals surface area contributed by atoms with E-state index in [9.17, 15) is 9.90 Å². The lowest BCUT2D eigenvalue weighted by atomic mass is 10.1. The van der Waals surface area contributed by atoms with Crippen LogP contribution in [0.3, 0.4) is 0 Å². The van der Waals surface area contributed by atoms with E-state index in [0.29, 0.717) is 23.7 Å². The number of hydrogen-bond donors (Lipinski definition) is 3. The molecule has 1 aromatic carbocycles. The summed E-state index contributed by atoms with van der Waals surface area (Å²) in [5.41, 5.74) is 1.43. The minimum atomic E-state index is -1.27. The van der Waals surface area contributed by atoms with Crippen molar-refractivity contribution in [1.82, 2.24) is 10.3 Å². The summed E-state index contributed by atoms with van der Waals surface area (Å²) in [5.74, 6) is 0.302. The van der Waals surface area contributed by atoms with Crippen LogP contribution in [-0.2, 0) is 4.79 Å². The maximum atomic E-state index is 11.9. The van der Waals surface area contributed by atoms with Gasteiger partial charge in [-0.3, -0.25) is 4.79 Å². The molecule has 6 heteroatoms. The van der Waals surface area contributed by atoms with Crippen LogP contribution in [0.25, 0.3) is 0 Å².